The molecule has 2 aromatic rings. The maximum atomic E-state index is 11.9. The predicted molar refractivity (Wildman–Crippen MR) is 76.1 cm³/mol. The zero-order valence-electron chi connectivity index (χ0n) is 10.6. The minimum absolute atomic E-state index is 0.247. The number of hydrogen-bond donors (Lipinski definition) is 0. The number of nitroso groups, excluding NO2 is 1. The lowest BCUT2D eigenvalue weighted by atomic mass is 9.97. The third-order valence-electron chi connectivity index (χ3n) is 3.24. The first-order valence-corrected chi connectivity index (χ1v) is 6.19. The summed E-state index contributed by atoms with van der Waals surface area (Å²) in [5, 5.41) is 2.87. The number of carbonyl (C=O) groups is 1. The Bertz CT molecular complexity index is 687. The van der Waals surface area contributed by atoms with Crippen LogP contribution in [0.5, 0.6) is 0 Å². The van der Waals surface area contributed by atoms with E-state index >= 15 is 0 Å². The smallest absolute Gasteiger partial charge is 0.339 e. The molecule has 0 fully saturated rings. The normalized spacial score (nSPS) is 14.3. The third-order valence-corrected chi connectivity index (χ3v) is 3.24. The molecular weight excluding hydrogens is 254 g/mol. The Morgan fingerprint density at radius 1 is 0.900 bits per heavy atom. The van der Waals surface area contributed by atoms with E-state index in [4.69, 9.17) is 4.74 Å². The quantitative estimate of drug-likeness (QED) is 0.630. The third kappa shape index (κ3) is 2.12. The fraction of sp³-hybridized carbons (Fsp3) is 0.0625. The molecule has 0 aliphatic carbocycles. The highest BCUT2D eigenvalue weighted by atomic mass is 16.5. The van der Waals surface area contributed by atoms with E-state index in [-0.39, 0.29) is 12.6 Å². The van der Waals surface area contributed by atoms with Crippen molar-refractivity contribution in [2.24, 2.45) is 5.18 Å². The van der Waals surface area contributed by atoms with Gasteiger partial charge in [-0.25, -0.2) is 4.79 Å². The Kier molecular flexibility index (Phi) is 3.13. The van der Waals surface area contributed by atoms with Crippen molar-refractivity contribution >= 4 is 22.8 Å². The Morgan fingerprint density at radius 2 is 1.60 bits per heavy atom. The number of nitrogens with zero attached hydrogens (tertiary/aromatic N) is 1. The van der Waals surface area contributed by atoms with E-state index in [2.05, 4.69) is 5.18 Å². The van der Waals surface area contributed by atoms with Crippen LogP contribution in [0.2, 0.25) is 0 Å². The van der Waals surface area contributed by atoms with Crippen molar-refractivity contribution in [2.75, 3.05) is 6.61 Å². The second-order valence-electron chi connectivity index (χ2n) is 4.43. The average Bonchev–Trinajstić information content (AvgIpc) is 2.90. The van der Waals surface area contributed by atoms with Gasteiger partial charge in [-0.1, -0.05) is 42.5 Å². The topological polar surface area (TPSA) is 55.7 Å². The molecule has 0 radical (unpaired) electrons. The van der Waals surface area contributed by atoms with Crippen LogP contribution in [-0.2, 0) is 9.53 Å². The molecule has 98 valence electrons. The minimum atomic E-state index is -0.316. The molecule has 1 aliphatic heterocycles. The van der Waals surface area contributed by atoms with Crippen LogP contribution >= 0.6 is 0 Å². The van der Waals surface area contributed by atoms with Crippen LogP contribution in [0.1, 0.15) is 11.1 Å². The van der Waals surface area contributed by atoms with Gasteiger partial charge in [0.1, 0.15) is 12.3 Å². The van der Waals surface area contributed by atoms with Gasteiger partial charge in [0.15, 0.2) is 0 Å². The molecule has 2 aromatic carbocycles. The van der Waals surface area contributed by atoms with Crippen molar-refractivity contribution in [1.29, 1.82) is 0 Å². The molecule has 3 rings (SSSR count). The highest BCUT2D eigenvalue weighted by Gasteiger charge is 2.26. The van der Waals surface area contributed by atoms with Gasteiger partial charge in [0.25, 0.3) is 0 Å². The van der Waals surface area contributed by atoms with Crippen molar-refractivity contribution in [3.05, 3.63) is 70.6 Å². The zero-order chi connectivity index (χ0) is 13.9. The van der Waals surface area contributed by atoms with E-state index in [0.717, 1.165) is 16.7 Å². The maximum Gasteiger partial charge on any atom is 0.339 e. The van der Waals surface area contributed by atoms with E-state index in [1.807, 2.05) is 30.3 Å². The molecule has 0 atom stereocenters. The largest absolute Gasteiger partial charge is 0.457 e. The van der Waals surface area contributed by atoms with Gasteiger partial charge in [-0.15, -0.1) is 4.91 Å². The number of rotatable bonds is 3. The Balaban J connectivity index is 2.10. The van der Waals surface area contributed by atoms with E-state index < -0.39 is 0 Å². The molecule has 0 unspecified atom stereocenters. The number of benzene rings is 2. The van der Waals surface area contributed by atoms with Crippen molar-refractivity contribution in [2.45, 2.75) is 0 Å². The number of cyclic esters (lactones) is 1. The van der Waals surface area contributed by atoms with E-state index in [9.17, 15) is 9.70 Å². The summed E-state index contributed by atoms with van der Waals surface area (Å²) >= 11 is 0. The second kappa shape index (κ2) is 5.09. The van der Waals surface area contributed by atoms with Crippen LogP contribution in [0.3, 0.4) is 0 Å². The molecule has 1 aliphatic rings. The van der Waals surface area contributed by atoms with Crippen LogP contribution in [0.4, 0.5) is 5.69 Å². The molecule has 4 heteroatoms. The molecule has 0 saturated carbocycles. The summed E-state index contributed by atoms with van der Waals surface area (Å²) in [6.45, 7) is 0.247. The molecule has 0 bridgehead atoms. The Labute approximate surface area is 115 Å². The van der Waals surface area contributed by atoms with E-state index in [0.29, 0.717) is 11.3 Å². The average molecular weight is 265 g/mol. The van der Waals surface area contributed by atoms with Gasteiger partial charge in [-0.2, -0.15) is 0 Å². The van der Waals surface area contributed by atoms with Crippen molar-refractivity contribution in [1.82, 2.24) is 0 Å². The molecule has 0 amide bonds. The van der Waals surface area contributed by atoms with Crippen LogP contribution in [0.25, 0.3) is 11.1 Å². The lowest BCUT2D eigenvalue weighted by molar-refractivity contribution is -0.133. The fourth-order valence-electron chi connectivity index (χ4n) is 2.25. The highest BCUT2D eigenvalue weighted by Crippen LogP contribution is 2.33. The first kappa shape index (κ1) is 12.3. The van der Waals surface area contributed by atoms with Gasteiger partial charge in [0.05, 0.1) is 5.57 Å². The summed E-state index contributed by atoms with van der Waals surface area (Å²) in [7, 11) is 0. The number of carbonyl (C=O) groups excluding carboxylic acids is 1. The van der Waals surface area contributed by atoms with Gasteiger partial charge in [0.2, 0.25) is 0 Å². The summed E-state index contributed by atoms with van der Waals surface area (Å²) < 4.78 is 5.15. The van der Waals surface area contributed by atoms with Crippen LogP contribution < -0.4 is 0 Å². The fourth-order valence-corrected chi connectivity index (χ4v) is 2.25. The summed E-state index contributed by atoms with van der Waals surface area (Å²) in [6, 6.07) is 16.2. The number of hydrogen-bond acceptors (Lipinski definition) is 4. The maximum absolute atomic E-state index is 11.9. The summed E-state index contributed by atoms with van der Waals surface area (Å²) in [5.74, 6) is -0.316. The summed E-state index contributed by atoms with van der Waals surface area (Å²) in [6.07, 6.45) is 0. The molecule has 0 aromatic heterocycles. The molecule has 0 saturated heterocycles. The zero-order valence-corrected chi connectivity index (χ0v) is 10.6. The second-order valence-corrected chi connectivity index (χ2v) is 4.43. The van der Waals surface area contributed by atoms with E-state index in [1.165, 1.54) is 0 Å². The molecule has 4 nitrogen and oxygen atoms in total. The first-order valence-electron chi connectivity index (χ1n) is 6.19. The monoisotopic (exact) mass is 265 g/mol. The highest BCUT2D eigenvalue weighted by molar-refractivity contribution is 6.27. The minimum Gasteiger partial charge on any atom is -0.457 e. The van der Waals surface area contributed by atoms with E-state index in [1.54, 1.807) is 24.3 Å². The summed E-state index contributed by atoms with van der Waals surface area (Å²) in [4.78, 5) is 22.4. The van der Waals surface area contributed by atoms with Gasteiger partial charge < -0.3 is 4.74 Å². The molecule has 20 heavy (non-hydrogen) atoms. The van der Waals surface area contributed by atoms with Gasteiger partial charge >= 0.3 is 5.97 Å². The van der Waals surface area contributed by atoms with Crippen molar-refractivity contribution < 1.29 is 9.53 Å². The number of esters is 1. The lowest BCUT2D eigenvalue weighted by Gasteiger charge is -2.04. The van der Waals surface area contributed by atoms with Crippen LogP contribution in [-0.4, -0.2) is 12.6 Å². The SMILES string of the molecule is O=Nc1ccc(C2=C(c3ccccc3)C(=O)OC2)cc1. The van der Waals surface area contributed by atoms with Gasteiger partial charge in [-0.05, 0) is 28.4 Å². The molecular formula is C16H11NO3. The van der Waals surface area contributed by atoms with Gasteiger partial charge in [0, 0.05) is 5.57 Å². The molecule has 0 N–H and O–H groups in total. The van der Waals surface area contributed by atoms with Gasteiger partial charge in [-0.3, -0.25) is 0 Å². The molecule has 1 heterocycles. The van der Waals surface area contributed by atoms with Crippen molar-refractivity contribution in [3.63, 3.8) is 0 Å². The van der Waals surface area contributed by atoms with Crippen molar-refractivity contribution in [3.8, 4) is 0 Å². The predicted octanol–water partition coefficient (Wildman–Crippen LogP) is 3.55. The van der Waals surface area contributed by atoms with Crippen LogP contribution in [0.15, 0.2) is 59.8 Å². The molecule has 0 spiro atoms. The Morgan fingerprint density at radius 3 is 2.25 bits per heavy atom. The first-order chi connectivity index (χ1) is 9.79. The Hall–Kier alpha value is -2.75. The lowest BCUT2D eigenvalue weighted by Crippen LogP contribution is -1.98. The number of ether oxygens (including phenoxy) is 1. The summed E-state index contributed by atoms with van der Waals surface area (Å²) in [5.41, 5.74) is 3.47. The standard InChI is InChI=1S/C16H11NO3/c18-16-15(12-4-2-1-3-5-12)14(10-20-16)11-6-8-13(17-19)9-7-11/h1-9H,10H2. The van der Waals surface area contributed by atoms with Crippen LogP contribution in [0, 0.1) is 4.91 Å².